The summed E-state index contributed by atoms with van der Waals surface area (Å²) >= 11 is 5.89. The molecule has 2 aromatic rings. The normalized spacial score (nSPS) is 10.4. The lowest BCUT2D eigenvalue weighted by molar-refractivity contribution is -0.129. The van der Waals surface area contributed by atoms with Gasteiger partial charge in [0.1, 0.15) is 0 Å². The van der Waals surface area contributed by atoms with Gasteiger partial charge in [0.05, 0.1) is 0 Å². The van der Waals surface area contributed by atoms with E-state index in [4.69, 9.17) is 11.6 Å². The van der Waals surface area contributed by atoms with Crippen LogP contribution in [0.1, 0.15) is 31.4 Å². The lowest BCUT2D eigenvalue weighted by atomic mass is 10.1. The van der Waals surface area contributed by atoms with Crippen molar-refractivity contribution in [3.05, 3.63) is 64.7 Å². The minimum absolute atomic E-state index is 0.0271. The first-order valence-corrected chi connectivity index (χ1v) is 9.25. The van der Waals surface area contributed by atoms with E-state index in [1.165, 1.54) is 6.92 Å². The number of hydrogen-bond donors (Lipinski definition) is 1. The van der Waals surface area contributed by atoms with Gasteiger partial charge in [-0.15, -0.1) is 0 Å². The van der Waals surface area contributed by atoms with Crippen LogP contribution in [0.25, 0.3) is 0 Å². The molecule has 0 atom stereocenters. The summed E-state index contributed by atoms with van der Waals surface area (Å²) in [7, 11) is 0. The van der Waals surface area contributed by atoms with E-state index in [0.717, 1.165) is 29.7 Å². The molecule has 0 saturated carbocycles. The van der Waals surface area contributed by atoms with Crippen molar-refractivity contribution in [3.8, 4) is 0 Å². The third-order valence-electron chi connectivity index (χ3n) is 4.31. The van der Waals surface area contributed by atoms with Gasteiger partial charge in [-0.1, -0.05) is 48.9 Å². The second kappa shape index (κ2) is 9.97. The largest absolute Gasteiger partial charge is 0.342 e. The third kappa shape index (κ3) is 6.19. The van der Waals surface area contributed by atoms with Crippen LogP contribution in [0.2, 0.25) is 5.02 Å². The first-order chi connectivity index (χ1) is 12.5. The Morgan fingerprint density at radius 3 is 2.38 bits per heavy atom. The molecule has 1 N–H and O–H groups in total. The molecule has 0 unspecified atom stereocenters. The van der Waals surface area contributed by atoms with Gasteiger partial charge in [-0.05, 0) is 42.2 Å². The van der Waals surface area contributed by atoms with Crippen molar-refractivity contribution in [2.24, 2.45) is 0 Å². The average Bonchev–Trinajstić information content (AvgIpc) is 2.63. The number of benzene rings is 2. The summed E-state index contributed by atoms with van der Waals surface area (Å²) in [4.78, 5) is 25.8. The van der Waals surface area contributed by atoms with E-state index < -0.39 is 0 Å². The van der Waals surface area contributed by atoms with Crippen LogP contribution in [0.15, 0.2) is 48.5 Å². The smallest absolute Gasteiger partial charge is 0.226 e. The fourth-order valence-corrected chi connectivity index (χ4v) is 2.87. The number of para-hydroxylation sites is 1. The van der Waals surface area contributed by atoms with Gasteiger partial charge in [0.25, 0.3) is 0 Å². The van der Waals surface area contributed by atoms with Crippen molar-refractivity contribution >= 4 is 29.1 Å². The number of halogens is 1. The summed E-state index contributed by atoms with van der Waals surface area (Å²) in [6.45, 7) is 4.57. The molecule has 5 heteroatoms. The van der Waals surface area contributed by atoms with Gasteiger partial charge >= 0.3 is 0 Å². The number of rotatable bonds is 8. The number of carbonyl (C=O) groups is 2. The maximum atomic E-state index is 12.3. The second-order valence-electron chi connectivity index (χ2n) is 6.19. The summed E-state index contributed by atoms with van der Waals surface area (Å²) in [5.41, 5.74) is 3.06. The molecule has 0 aliphatic rings. The molecule has 0 aromatic heterocycles. The molecule has 0 bridgehead atoms. The lowest BCUT2D eigenvalue weighted by Crippen LogP contribution is -2.33. The molecular formula is C21H25ClN2O2. The van der Waals surface area contributed by atoms with Crippen LogP contribution >= 0.6 is 11.6 Å². The third-order valence-corrected chi connectivity index (χ3v) is 4.56. The van der Waals surface area contributed by atoms with Gasteiger partial charge in [-0.2, -0.15) is 0 Å². The highest BCUT2D eigenvalue weighted by Gasteiger charge is 2.12. The lowest BCUT2D eigenvalue weighted by Gasteiger charge is -2.21. The molecule has 2 amide bonds. The fraction of sp³-hybridized carbons (Fsp3) is 0.333. The SMILES string of the molecule is CCc1ccccc1NC(=O)CCN(CCc1ccc(Cl)cc1)C(C)=O. The molecule has 0 heterocycles. The van der Waals surface area contributed by atoms with Crippen LogP contribution in [0.3, 0.4) is 0 Å². The summed E-state index contributed by atoms with van der Waals surface area (Å²) in [5, 5.41) is 3.64. The van der Waals surface area contributed by atoms with Gasteiger partial charge in [0, 0.05) is 37.1 Å². The molecule has 26 heavy (non-hydrogen) atoms. The van der Waals surface area contributed by atoms with Crippen LogP contribution in [-0.4, -0.2) is 29.8 Å². The van der Waals surface area contributed by atoms with Crippen LogP contribution in [0, 0.1) is 0 Å². The number of hydrogen-bond acceptors (Lipinski definition) is 2. The maximum Gasteiger partial charge on any atom is 0.226 e. The van der Waals surface area contributed by atoms with Crippen molar-refractivity contribution in [1.29, 1.82) is 0 Å². The molecule has 0 saturated heterocycles. The molecule has 0 radical (unpaired) electrons. The summed E-state index contributed by atoms with van der Waals surface area (Å²) < 4.78 is 0. The van der Waals surface area contributed by atoms with E-state index in [1.807, 2.05) is 48.5 Å². The predicted octanol–water partition coefficient (Wildman–Crippen LogP) is 4.32. The zero-order chi connectivity index (χ0) is 18.9. The predicted molar refractivity (Wildman–Crippen MR) is 106 cm³/mol. The molecular weight excluding hydrogens is 348 g/mol. The van der Waals surface area contributed by atoms with Crippen LogP contribution in [-0.2, 0) is 22.4 Å². The molecule has 2 aromatic carbocycles. The summed E-state index contributed by atoms with van der Waals surface area (Å²) in [5.74, 6) is -0.107. The minimum Gasteiger partial charge on any atom is -0.342 e. The highest BCUT2D eigenvalue weighted by molar-refractivity contribution is 6.30. The fourth-order valence-electron chi connectivity index (χ4n) is 2.74. The Morgan fingerprint density at radius 2 is 1.73 bits per heavy atom. The highest BCUT2D eigenvalue weighted by atomic mass is 35.5. The maximum absolute atomic E-state index is 12.3. The van der Waals surface area contributed by atoms with Crippen molar-refractivity contribution < 1.29 is 9.59 Å². The zero-order valence-corrected chi connectivity index (χ0v) is 16.1. The van der Waals surface area contributed by atoms with E-state index in [1.54, 1.807) is 4.90 Å². The molecule has 0 fully saturated rings. The van der Waals surface area contributed by atoms with E-state index >= 15 is 0 Å². The Labute approximate surface area is 160 Å². The molecule has 4 nitrogen and oxygen atoms in total. The monoisotopic (exact) mass is 372 g/mol. The van der Waals surface area contributed by atoms with Crippen LogP contribution in [0.5, 0.6) is 0 Å². The van der Waals surface area contributed by atoms with Crippen LogP contribution < -0.4 is 5.32 Å². The Hall–Kier alpha value is -2.33. The Morgan fingerprint density at radius 1 is 1.04 bits per heavy atom. The van der Waals surface area contributed by atoms with E-state index in [-0.39, 0.29) is 18.2 Å². The summed E-state index contributed by atoms with van der Waals surface area (Å²) in [6.07, 6.45) is 1.87. The van der Waals surface area contributed by atoms with Gasteiger partial charge in [-0.3, -0.25) is 9.59 Å². The van der Waals surface area contributed by atoms with E-state index in [0.29, 0.717) is 18.1 Å². The van der Waals surface area contributed by atoms with Gasteiger partial charge in [0.15, 0.2) is 0 Å². The zero-order valence-electron chi connectivity index (χ0n) is 15.3. The van der Waals surface area contributed by atoms with Crippen molar-refractivity contribution in [3.63, 3.8) is 0 Å². The standard InChI is InChI=1S/C21H25ClN2O2/c1-3-18-6-4-5-7-20(18)23-21(26)13-15-24(16(2)25)14-12-17-8-10-19(22)11-9-17/h4-11H,3,12-15H2,1-2H3,(H,23,26). The number of nitrogens with one attached hydrogen (secondary N) is 1. The number of amides is 2. The van der Waals surface area contributed by atoms with Crippen molar-refractivity contribution in [2.75, 3.05) is 18.4 Å². The van der Waals surface area contributed by atoms with Crippen molar-refractivity contribution in [2.45, 2.75) is 33.1 Å². The van der Waals surface area contributed by atoms with Gasteiger partial charge in [0.2, 0.25) is 11.8 Å². The first-order valence-electron chi connectivity index (χ1n) is 8.87. The number of anilines is 1. The average molecular weight is 373 g/mol. The Bertz CT molecular complexity index is 744. The number of nitrogens with zero attached hydrogens (tertiary/aromatic N) is 1. The van der Waals surface area contributed by atoms with E-state index in [2.05, 4.69) is 12.2 Å². The summed E-state index contributed by atoms with van der Waals surface area (Å²) in [6, 6.07) is 15.4. The van der Waals surface area contributed by atoms with Crippen LogP contribution in [0.4, 0.5) is 5.69 Å². The van der Waals surface area contributed by atoms with Gasteiger partial charge < -0.3 is 10.2 Å². The number of carbonyl (C=O) groups excluding carboxylic acids is 2. The highest BCUT2D eigenvalue weighted by Crippen LogP contribution is 2.16. The Balaban J connectivity index is 1.86. The Kier molecular flexibility index (Phi) is 7.67. The van der Waals surface area contributed by atoms with E-state index in [9.17, 15) is 9.59 Å². The number of aryl methyl sites for hydroxylation is 1. The molecule has 138 valence electrons. The minimum atomic E-state index is -0.0800. The van der Waals surface area contributed by atoms with Gasteiger partial charge in [-0.25, -0.2) is 0 Å². The van der Waals surface area contributed by atoms with Crippen molar-refractivity contribution in [1.82, 2.24) is 4.90 Å². The first kappa shape index (κ1) is 20.0. The quantitative estimate of drug-likeness (QED) is 0.750. The molecule has 0 spiro atoms. The molecule has 0 aliphatic carbocycles. The molecule has 2 rings (SSSR count). The topological polar surface area (TPSA) is 49.4 Å². The second-order valence-corrected chi connectivity index (χ2v) is 6.63. The molecule has 0 aliphatic heterocycles.